The average molecular weight is 1540 g/mol. The summed E-state index contributed by atoms with van der Waals surface area (Å²) in [6.45, 7) is 0. The molecule has 12 nitrogen and oxygen atoms in total. The van der Waals surface area contributed by atoms with E-state index >= 15 is 0 Å². The highest BCUT2D eigenvalue weighted by molar-refractivity contribution is 6.15. The van der Waals surface area contributed by atoms with Gasteiger partial charge in [0.15, 0.2) is 23.3 Å². The second-order valence-corrected chi connectivity index (χ2v) is 30.5. The number of benzene rings is 17. The molecule has 0 bridgehead atoms. The maximum atomic E-state index is 6.37. The van der Waals surface area contributed by atoms with Gasteiger partial charge in [-0.25, -0.2) is 9.97 Å². The number of nitrogens with zero attached hydrogens (tertiary/aromatic N) is 10. The molecule has 0 saturated heterocycles. The number of rotatable bonds is 11. The zero-order valence-corrected chi connectivity index (χ0v) is 64.4. The van der Waals surface area contributed by atoms with Crippen LogP contribution < -0.4 is 0 Å². The van der Waals surface area contributed by atoms with Gasteiger partial charge in [-0.05, 0) is 173 Å². The van der Waals surface area contributed by atoms with Crippen LogP contribution in [0.5, 0.6) is 0 Å². The predicted molar refractivity (Wildman–Crippen MR) is 490 cm³/mol. The molecule has 25 aromatic rings. The Hall–Kier alpha value is -16.4. The molecular formula is C108H66N10O2. The minimum Gasteiger partial charge on any atom is -0.456 e. The molecule has 12 heteroatoms. The van der Waals surface area contributed by atoms with Crippen LogP contribution in [-0.2, 0) is 0 Å². The summed E-state index contributed by atoms with van der Waals surface area (Å²) in [6, 6.07) is 140. The topological polar surface area (TPSA) is 123 Å². The first-order chi connectivity index (χ1) is 59.5. The van der Waals surface area contributed by atoms with Crippen LogP contribution >= 0.6 is 0 Å². The maximum Gasteiger partial charge on any atom is 0.238 e. The van der Waals surface area contributed by atoms with Crippen molar-refractivity contribution in [1.82, 2.24) is 48.2 Å². The van der Waals surface area contributed by atoms with E-state index in [1.807, 2.05) is 48.5 Å². The van der Waals surface area contributed by atoms with Gasteiger partial charge >= 0.3 is 0 Å². The number of furan rings is 2. The van der Waals surface area contributed by atoms with E-state index in [0.29, 0.717) is 35.2 Å². The van der Waals surface area contributed by atoms with E-state index in [0.717, 1.165) is 165 Å². The van der Waals surface area contributed by atoms with E-state index in [1.54, 1.807) is 0 Å². The molecule has 8 heterocycles. The van der Waals surface area contributed by atoms with Crippen molar-refractivity contribution < 1.29 is 8.83 Å². The second-order valence-electron chi connectivity index (χ2n) is 30.5. The summed E-state index contributed by atoms with van der Waals surface area (Å²) in [7, 11) is 0. The lowest BCUT2D eigenvalue weighted by atomic mass is 10.0. The first-order valence-electron chi connectivity index (χ1n) is 40.3. The lowest BCUT2D eigenvalue weighted by Gasteiger charge is -2.12. The predicted octanol–water partition coefficient (Wildman–Crippen LogP) is 27.6. The summed E-state index contributed by atoms with van der Waals surface area (Å²) in [5.74, 6) is 3.37. The third-order valence-electron chi connectivity index (χ3n) is 23.6. The quantitative estimate of drug-likeness (QED) is 0.125. The van der Waals surface area contributed by atoms with Gasteiger partial charge in [0.05, 0.1) is 44.1 Å². The van der Waals surface area contributed by atoms with Crippen LogP contribution in [0.3, 0.4) is 0 Å². The molecule has 0 radical (unpaired) electrons. The third-order valence-corrected chi connectivity index (χ3v) is 23.6. The summed E-state index contributed by atoms with van der Waals surface area (Å²) in [4.78, 5) is 31.7. The van der Waals surface area contributed by atoms with Crippen LogP contribution in [0.1, 0.15) is 0 Å². The zero-order valence-electron chi connectivity index (χ0n) is 64.4. The second kappa shape index (κ2) is 27.7. The van der Waals surface area contributed by atoms with Gasteiger partial charge in [-0.15, -0.1) is 0 Å². The first-order valence-corrected chi connectivity index (χ1v) is 40.3. The lowest BCUT2D eigenvalue weighted by molar-refractivity contribution is 0.668. The number of fused-ring (bicyclic) bond motifs is 18. The molecule has 0 saturated carbocycles. The number of aromatic nitrogens is 10. The fraction of sp³-hybridized carbons (Fsp3) is 0. The Morgan fingerprint density at radius 2 is 0.425 bits per heavy atom. The lowest BCUT2D eigenvalue weighted by Crippen LogP contribution is -2.06. The van der Waals surface area contributed by atoms with Gasteiger partial charge in [-0.2, -0.15) is 19.9 Å². The summed E-state index contributed by atoms with van der Waals surface area (Å²) in [6.07, 6.45) is 0. The summed E-state index contributed by atoms with van der Waals surface area (Å²) < 4.78 is 21.7. The van der Waals surface area contributed by atoms with Crippen molar-refractivity contribution in [3.63, 3.8) is 0 Å². The number of para-hydroxylation sites is 8. The number of hydrogen-bond acceptors (Lipinski definition) is 8. The average Bonchev–Trinajstić information content (AvgIpc) is 1.63. The van der Waals surface area contributed by atoms with Crippen molar-refractivity contribution >= 4 is 131 Å². The van der Waals surface area contributed by atoms with E-state index in [-0.39, 0.29) is 0 Å². The van der Waals surface area contributed by atoms with E-state index in [4.69, 9.17) is 38.7 Å². The zero-order chi connectivity index (χ0) is 78.9. The van der Waals surface area contributed by atoms with Crippen molar-refractivity contribution in [3.8, 4) is 102 Å². The largest absolute Gasteiger partial charge is 0.456 e. The molecule has 0 aliphatic carbocycles. The third kappa shape index (κ3) is 11.3. The standard InChI is InChI=1S/C57H35N5O.C51H31N5O/c1-3-14-36(15-4-1)38-28-31-51-48(33-38)44-21-8-11-24-50(44)62(51)57-59-55(58-56(60-57)41-27-30-47-46-22-9-12-25-53(46)63-54(47)35-41)40-17-13-16-37(32-40)39-26-29-45-43-20-7-10-23-49(43)61(52(45)34-39)42-18-5-2-6-19-42;1-3-13-32(14-4-1)33-24-27-46-41(29-33)38-18-8-11-21-44(38)56(46)51-53-49(52-50(54-51)35-23-26-40-39-19-9-12-22-47(39)57-48(40)31-35)34-25-28-45-42(30-34)37-17-7-10-20-43(37)55(45)36-15-5-2-6-16-36/h1-35H;1-31H. The molecule has 0 aliphatic heterocycles. The van der Waals surface area contributed by atoms with Gasteiger partial charge in [0, 0.05) is 98.3 Å². The fourth-order valence-electron chi connectivity index (χ4n) is 18.0. The Bertz CT molecular complexity index is 8430. The normalized spacial score (nSPS) is 11.8. The van der Waals surface area contributed by atoms with Crippen molar-refractivity contribution in [3.05, 3.63) is 400 Å². The molecule has 0 amide bonds. The molecule has 0 unspecified atom stereocenters. The van der Waals surface area contributed by atoms with Gasteiger partial charge < -0.3 is 18.0 Å². The molecule has 120 heavy (non-hydrogen) atoms. The summed E-state index contributed by atoms with van der Waals surface area (Å²) in [5, 5.41) is 13.5. The smallest absolute Gasteiger partial charge is 0.238 e. The van der Waals surface area contributed by atoms with E-state index in [9.17, 15) is 0 Å². The van der Waals surface area contributed by atoms with E-state index in [1.165, 1.54) is 32.8 Å². The molecule has 0 N–H and O–H groups in total. The van der Waals surface area contributed by atoms with Gasteiger partial charge in [-0.1, -0.05) is 261 Å². The Balaban J connectivity index is 0.000000137. The molecule has 0 atom stereocenters. The van der Waals surface area contributed by atoms with Crippen molar-refractivity contribution in [2.75, 3.05) is 0 Å². The highest BCUT2D eigenvalue weighted by Crippen LogP contribution is 2.43. The molecule has 560 valence electrons. The van der Waals surface area contributed by atoms with Crippen LogP contribution in [0.25, 0.3) is 233 Å². The summed E-state index contributed by atoms with van der Waals surface area (Å²) >= 11 is 0. The van der Waals surface area contributed by atoms with Crippen LogP contribution in [-0.4, -0.2) is 48.2 Å². The Morgan fingerprint density at radius 3 is 0.892 bits per heavy atom. The molecule has 0 fully saturated rings. The molecule has 25 rings (SSSR count). The van der Waals surface area contributed by atoms with Crippen molar-refractivity contribution in [2.45, 2.75) is 0 Å². The van der Waals surface area contributed by atoms with Crippen LogP contribution in [0, 0.1) is 0 Å². The molecule has 17 aromatic carbocycles. The molecule has 0 spiro atoms. The Morgan fingerprint density at radius 1 is 0.150 bits per heavy atom. The van der Waals surface area contributed by atoms with Gasteiger partial charge in [0.25, 0.3) is 0 Å². The Kier molecular flexibility index (Phi) is 15.7. The SMILES string of the molecule is c1ccc(-c2ccc3c(c2)c2ccccc2n3-c2nc(-c3ccc4c(c3)oc3ccccc34)nc(-c3ccc4c(c3)c3ccccc3n4-c3ccccc3)n2)cc1.c1ccc(-c2ccc3c(c2)c2ccccc2n3-c2nc(-c3cccc(-c4ccc5c6ccccc6n(-c6ccccc6)c5c4)c3)nc(-c3ccc4c(c3)oc3ccccc34)n2)cc1. The van der Waals surface area contributed by atoms with Crippen LogP contribution in [0.2, 0.25) is 0 Å². The maximum absolute atomic E-state index is 6.37. The van der Waals surface area contributed by atoms with E-state index < -0.39 is 0 Å². The monoisotopic (exact) mass is 1530 g/mol. The van der Waals surface area contributed by atoms with Gasteiger partial charge in [0.1, 0.15) is 22.3 Å². The molecular weight excluding hydrogens is 1470 g/mol. The summed E-state index contributed by atoms with van der Waals surface area (Å²) in [5.41, 5.74) is 24.5. The van der Waals surface area contributed by atoms with E-state index in [2.05, 4.69) is 370 Å². The van der Waals surface area contributed by atoms with Crippen LogP contribution in [0.15, 0.2) is 409 Å². The first kappa shape index (κ1) is 68.0. The highest BCUT2D eigenvalue weighted by Gasteiger charge is 2.25. The van der Waals surface area contributed by atoms with Gasteiger partial charge in [-0.3, -0.25) is 9.13 Å². The Labute approximate surface area is 686 Å². The number of hydrogen-bond donors (Lipinski definition) is 0. The van der Waals surface area contributed by atoms with Crippen LogP contribution in [0.4, 0.5) is 0 Å². The van der Waals surface area contributed by atoms with Crippen molar-refractivity contribution in [2.24, 2.45) is 0 Å². The molecule has 0 aliphatic rings. The minimum absolute atomic E-state index is 0.539. The fourth-order valence-corrected chi connectivity index (χ4v) is 18.0. The van der Waals surface area contributed by atoms with Crippen molar-refractivity contribution in [1.29, 1.82) is 0 Å². The molecule has 8 aromatic heterocycles. The minimum atomic E-state index is 0.539. The van der Waals surface area contributed by atoms with Gasteiger partial charge in [0.2, 0.25) is 11.9 Å². The highest BCUT2D eigenvalue weighted by atomic mass is 16.3.